The number of hydrogen-bond acceptors (Lipinski definition) is 5. The van der Waals surface area contributed by atoms with E-state index in [-0.39, 0.29) is 47.5 Å². The number of amides is 3. The van der Waals surface area contributed by atoms with Crippen LogP contribution in [0.2, 0.25) is 0 Å². The Kier molecular flexibility index (Phi) is 9.20. The zero-order chi connectivity index (χ0) is 29.4. The van der Waals surface area contributed by atoms with Crippen LogP contribution in [-0.2, 0) is 14.4 Å². The van der Waals surface area contributed by atoms with Crippen LogP contribution in [0.5, 0.6) is 0 Å². The fourth-order valence-electron chi connectivity index (χ4n) is 7.28. The normalized spacial score (nSPS) is 30.2. The third kappa shape index (κ3) is 4.71. The van der Waals surface area contributed by atoms with Crippen molar-refractivity contribution in [2.75, 3.05) is 24.6 Å². The summed E-state index contributed by atoms with van der Waals surface area (Å²) in [6.07, 6.45) is 4.94. The van der Waals surface area contributed by atoms with Gasteiger partial charge in [-0.3, -0.25) is 14.4 Å². The lowest BCUT2D eigenvalue weighted by atomic mass is 9.65. The highest BCUT2D eigenvalue weighted by molar-refractivity contribution is 8.02. The Morgan fingerprint density at radius 1 is 1.15 bits per heavy atom. The first kappa shape index (κ1) is 30.4. The zero-order valence-electron chi connectivity index (χ0n) is 24.5. The SMILES string of the molecule is C=CCN(C(=O)[C@@H]1[C@@H]2CC(C)C3(S2)C(C(=O)N(CC=C)C(C)C)N([C@@H](CO)[C@@H](C)CC)C(=O)[C@H]13)c1ccccc1. The molecule has 1 aromatic rings. The van der Waals surface area contributed by atoms with Crippen molar-refractivity contribution in [3.63, 3.8) is 0 Å². The number of fused-ring (bicyclic) bond motifs is 1. The lowest BCUT2D eigenvalue weighted by Crippen LogP contribution is -2.61. The number of benzene rings is 1. The standard InChI is InChI=1S/C32H45N3O4S/c1-8-16-33(20(4)5)31(39)28-32-22(7)18-25(40-32)26(27(32)30(38)35(28)24(19-36)21(6)10-3)29(37)34(17-9-2)23-14-12-11-13-15-23/h8-9,11-15,20-22,24-28,36H,1-2,10,16-19H2,3-7H3/t21-,22?,24-,25-,26+,27-,28?,32?/m0/s1. The quantitative estimate of drug-likeness (QED) is 0.380. The van der Waals surface area contributed by atoms with Gasteiger partial charge in [0, 0.05) is 30.1 Å². The third-order valence-corrected chi connectivity index (χ3v) is 11.5. The van der Waals surface area contributed by atoms with Crippen molar-refractivity contribution in [3.8, 4) is 0 Å². The molecule has 8 atom stereocenters. The summed E-state index contributed by atoms with van der Waals surface area (Å²) >= 11 is 1.67. The van der Waals surface area contributed by atoms with E-state index in [0.717, 1.165) is 18.5 Å². The lowest BCUT2D eigenvalue weighted by molar-refractivity contribution is -0.147. The Hall–Kier alpha value is -2.58. The van der Waals surface area contributed by atoms with Crippen LogP contribution in [0, 0.1) is 23.7 Å². The summed E-state index contributed by atoms with van der Waals surface area (Å²) in [5.41, 5.74) is 0.766. The molecule has 0 radical (unpaired) electrons. The number of aliphatic hydroxyl groups excluding tert-OH is 1. The molecule has 218 valence electrons. The van der Waals surface area contributed by atoms with Crippen LogP contribution in [0.3, 0.4) is 0 Å². The van der Waals surface area contributed by atoms with Crippen LogP contribution in [0.15, 0.2) is 55.6 Å². The second-order valence-corrected chi connectivity index (χ2v) is 13.4. The molecule has 3 aliphatic heterocycles. The van der Waals surface area contributed by atoms with Crippen LogP contribution >= 0.6 is 11.8 Å². The molecule has 0 aliphatic carbocycles. The van der Waals surface area contributed by atoms with Crippen LogP contribution in [0.4, 0.5) is 5.69 Å². The largest absolute Gasteiger partial charge is 0.394 e. The summed E-state index contributed by atoms with van der Waals surface area (Å²) in [5.74, 6) is -1.55. The first-order valence-corrected chi connectivity index (χ1v) is 15.5. The Morgan fingerprint density at radius 3 is 2.35 bits per heavy atom. The van der Waals surface area contributed by atoms with Crippen molar-refractivity contribution in [1.82, 2.24) is 9.80 Å². The van der Waals surface area contributed by atoms with Gasteiger partial charge in [0.1, 0.15) is 6.04 Å². The first-order valence-electron chi connectivity index (χ1n) is 14.6. The maximum atomic E-state index is 14.7. The molecule has 3 heterocycles. The molecule has 3 aliphatic rings. The molecule has 3 saturated heterocycles. The van der Waals surface area contributed by atoms with Crippen LogP contribution in [0.1, 0.15) is 47.5 Å². The minimum Gasteiger partial charge on any atom is -0.394 e. The summed E-state index contributed by atoms with van der Waals surface area (Å²) in [6.45, 7) is 18.3. The number of aliphatic hydroxyl groups is 1. The first-order chi connectivity index (χ1) is 19.1. The van der Waals surface area contributed by atoms with E-state index in [2.05, 4.69) is 20.1 Å². The summed E-state index contributed by atoms with van der Waals surface area (Å²) in [4.78, 5) is 48.8. The molecule has 0 aromatic heterocycles. The zero-order valence-corrected chi connectivity index (χ0v) is 25.3. The molecule has 40 heavy (non-hydrogen) atoms. The molecular weight excluding hydrogens is 522 g/mol. The van der Waals surface area contributed by atoms with E-state index in [1.54, 1.807) is 38.6 Å². The summed E-state index contributed by atoms with van der Waals surface area (Å²) < 4.78 is -0.745. The number of carbonyl (C=O) groups excluding carboxylic acids is 3. The molecule has 3 fully saturated rings. The van der Waals surface area contributed by atoms with E-state index in [0.29, 0.717) is 13.1 Å². The van der Waals surface area contributed by atoms with E-state index in [9.17, 15) is 19.5 Å². The number of likely N-dealkylation sites (tertiary alicyclic amines) is 1. The highest BCUT2D eigenvalue weighted by Gasteiger charge is 2.77. The average Bonchev–Trinajstić information content (AvgIpc) is 3.54. The van der Waals surface area contributed by atoms with Gasteiger partial charge in [-0.2, -0.15) is 0 Å². The van der Waals surface area contributed by atoms with E-state index < -0.39 is 28.7 Å². The summed E-state index contributed by atoms with van der Waals surface area (Å²) in [6, 6.07) is 8.14. The molecule has 3 unspecified atom stereocenters. The summed E-state index contributed by atoms with van der Waals surface area (Å²) in [7, 11) is 0. The molecule has 3 amide bonds. The van der Waals surface area contributed by atoms with Gasteiger partial charge in [-0.05, 0) is 44.2 Å². The third-order valence-electron chi connectivity index (χ3n) is 9.43. The predicted octanol–water partition coefficient (Wildman–Crippen LogP) is 4.37. The fraction of sp³-hybridized carbons (Fsp3) is 0.594. The summed E-state index contributed by atoms with van der Waals surface area (Å²) in [5, 5.41) is 10.5. The van der Waals surface area contributed by atoms with Crippen molar-refractivity contribution >= 4 is 35.2 Å². The van der Waals surface area contributed by atoms with Gasteiger partial charge in [0.05, 0.1) is 29.2 Å². The number of thioether (sulfide) groups is 1. The van der Waals surface area contributed by atoms with Crippen LogP contribution in [0.25, 0.3) is 0 Å². The number of hydrogen-bond donors (Lipinski definition) is 1. The molecule has 1 spiro atoms. The smallest absolute Gasteiger partial charge is 0.247 e. The van der Waals surface area contributed by atoms with Gasteiger partial charge >= 0.3 is 0 Å². The van der Waals surface area contributed by atoms with Crippen molar-refractivity contribution in [2.24, 2.45) is 23.7 Å². The van der Waals surface area contributed by atoms with Gasteiger partial charge < -0.3 is 19.8 Å². The Labute approximate surface area is 243 Å². The van der Waals surface area contributed by atoms with E-state index in [1.807, 2.05) is 58.0 Å². The van der Waals surface area contributed by atoms with E-state index in [1.165, 1.54) is 0 Å². The minimum absolute atomic E-state index is 0.0142. The fourth-order valence-corrected chi connectivity index (χ4v) is 9.68. The molecule has 1 N–H and O–H groups in total. The van der Waals surface area contributed by atoms with Crippen LogP contribution < -0.4 is 4.90 Å². The highest BCUT2D eigenvalue weighted by atomic mass is 32.2. The number of para-hydroxylation sites is 1. The lowest BCUT2D eigenvalue weighted by Gasteiger charge is -2.43. The van der Waals surface area contributed by atoms with E-state index >= 15 is 0 Å². The van der Waals surface area contributed by atoms with Gasteiger partial charge in [0.15, 0.2) is 0 Å². The number of carbonyl (C=O) groups is 3. The molecule has 2 bridgehead atoms. The molecule has 1 aromatic carbocycles. The van der Waals surface area contributed by atoms with Gasteiger partial charge in [-0.15, -0.1) is 24.9 Å². The Balaban J connectivity index is 1.86. The van der Waals surface area contributed by atoms with E-state index in [4.69, 9.17) is 0 Å². The monoisotopic (exact) mass is 567 g/mol. The Morgan fingerprint density at radius 2 is 1.80 bits per heavy atom. The number of rotatable bonds is 12. The number of anilines is 1. The van der Waals surface area contributed by atoms with Gasteiger partial charge in [0.2, 0.25) is 17.7 Å². The highest BCUT2D eigenvalue weighted by Crippen LogP contribution is 2.69. The van der Waals surface area contributed by atoms with Crippen molar-refractivity contribution in [3.05, 3.63) is 55.6 Å². The van der Waals surface area contributed by atoms with Gasteiger partial charge in [-0.25, -0.2) is 0 Å². The number of nitrogens with zero attached hydrogens (tertiary/aromatic N) is 3. The van der Waals surface area contributed by atoms with Crippen molar-refractivity contribution in [1.29, 1.82) is 0 Å². The van der Waals surface area contributed by atoms with Gasteiger partial charge in [0.25, 0.3) is 0 Å². The molecule has 8 heteroatoms. The Bertz CT molecular complexity index is 1130. The maximum Gasteiger partial charge on any atom is 0.247 e. The maximum absolute atomic E-state index is 14.7. The van der Waals surface area contributed by atoms with Crippen molar-refractivity contribution in [2.45, 2.75) is 75.6 Å². The molecule has 4 rings (SSSR count). The van der Waals surface area contributed by atoms with Gasteiger partial charge in [-0.1, -0.05) is 57.5 Å². The molecule has 0 saturated carbocycles. The minimum atomic E-state index is -0.758. The second-order valence-electron chi connectivity index (χ2n) is 11.9. The average molecular weight is 568 g/mol. The topological polar surface area (TPSA) is 81.2 Å². The molecular formula is C32H45N3O4S. The predicted molar refractivity (Wildman–Crippen MR) is 162 cm³/mol. The molecule has 7 nitrogen and oxygen atoms in total. The second kappa shape index (κ2) is 12.1. The van der Waals surface area contributed by atoms with Crippen LogP contribution in [-0.4, -0.2) is 80.4 Å². The van der Waals surface area contributed by atoms with Crippen molar-refractivity contribution < 1.29 is 19.5 Å².